The number of carboxylic acids is 1. The van der Waals surface area contributed by atoms with Crippen molar-refractivity contribution in [3.8, 4) is 5.69 Å². The lowest BCUT2D eigenvalue weighted by Gasteiger charge is -2.07. The number of aliphatic carboxylic acids is 1. The van der Waals surface area contributed by atoms with E-state index in [0.717, 1.165) is 27.5 Å². The van der Waals surface area contributed by atoms with Crippen molar-refractivity contribution in [3.63, 3.8) is 0 Å². The average Bonchev–Trinajstić information content (AvgIpc) is 2.78. The van der Waals surface area contributed by atoms with Gasteiger partial charge in [-0.25, -0.2) is 0 Å². The second-order valence-electron chi connectivity index (χ2n) is 3.46. The maximum atomic E-state index is 10.6. The van der Waals surface area contributed by atoms with Crippen LogP contribution in [0.5, 0.6) is 0 Å². The van der Waals surface area contributed by atoms with Crippen LogP contribution >= 0.6 is 27.7 Å². The van der Waals surface area contributed by atoms with Gasteiger partial charge in [-0.1, -0.05) is 23.9 Å². The lowest BCUT2D eigenvalue weighted by Crippen LogP contribution is -2.04. The number of carboxylic acid groups (broad SMARTS) is 1. The molecule has 0 aliphatic heterocycles. The molecule has 2 aromatic rings. The molecule has 8 heteroatoms. The molecule has 0 fully saturated rings. The number of benzene rings is 1. The van der Waals surface area contributed by atoms with Crippen LogP contribution in [0, 0.1) is 6.92 Å². The smallest absolute Gasteiger partial charge is 0.313 e. The molecule has 1 aromatic heterocycles. The minimum Gasteiger partial charge on any atom is -0.481 e. The van der Waals surface area contributed by atoms with Crippen molar-refractivity contribution >= 4 is 33.7 Å². The van der Waals surface area contributed by atoms with Gasteiger partial charge in [0.2, 0.25) is 5.16 Å². The third kappa shape index (κ3) is 2.70. The van der Waals surface area contributed by atoms with Crippen LogP contribution in [-0.2, 0) is 4.79 Å². The Labute approximate surface area is 116 Å². The molecule has 0 saturated heterocycles. The fourth-order valence-corrected chi connectivity index (χ4v) is 2.38. The number of hydrogen-bond donors (Lipinski definition) is 1. The number of halogens is 1. The molecule has 0 unspecified atom stereocenters. The predicted molar refractivity (Wildman–Crippen MR) is 70.0 cm³/mol. The second kappa shape index (κ2) is 5.49. The van der Waals surface area contributed by atoms with Crippen molar-refractivity contribution in [1.82, 2.24) is 20.2 Å². The van der Waals surface area contributed by atoms with Crippen LogP contribution in [-0.4, -0.2) is 37.0 Å². The highest BCUT2D eigenvalue weighted by Crippen LogP contribution is 2.26. The maximum Gasteiger partial charge on any atom is 0.313 e. The van der Waals surface area contributed by atoms with Crippen molar-refractivity contribution in [1.29, 1.82) is 0 Å². The molecule has 94 valence electrons. The summed E-state index contributed by atoms with van der Waals surface area (Å²) in [4.78, 5) is 10.6. The molecule has 0 amide bonds. The summed E-state index contributed by atoms with van der Waals surface area (Å²) in [5.41, 5.74) is 1.84. The van der Waals surface area contributed by atoms with Crippen molar-refractivity contribution in [3.05, 3.63) is 28.2 Å². The molecule has 0 aliphatic rings. The van der Waals surface area contributed by atoms with Gasteiger partial charge in [-0.15, -0.1) is 5.10 Å². The minimum absolute atomic E-state index is 0.0796. The molecule has 0 bridgehead atoms. The summed E-state index contributed by atoms with van der Waals surface area (Å²) in [5, 5.41) is 20.4. The molecule has 1 heterocycles. The Morgan fingerprint density at radius 2 is 2.33 bits per heavy atom. The van der Waals surface area contributed by atoms with Gasteiger partial charge in [0.05, 0.1) is 11.4 Å². The molecule has 0 spiro atoms. The van der Waals surface area contributed by atoms with Crippen LogP contribution in [0.4, 0.5) is 0 Å². The summed E-state index contributed by atoms with van der Waals surface area (Å²) in [6.45, 7) is 1.96. The van der Waals surface area contributed by atoms with Gasteiger partial charge in [0.1, 0.15) is 0 Å². The minimum atomic E-state index is -0.905. The van der Waals surface area contributed by atoms with Gasteiger partial charge in [-0.2, -0.15) is 4.68 Å². The van der Waals surface area contributed by atoms with Crippen LogP contribution in [0.1, 0.15) is 5.56 Å². The summed E-state index contributed by atoms with van der Waals surface area (Å²) in [5.74, 6) is -0.984. The van der Waals surface area contributed by atoms with E-state index < -0.39 is 5.97 Å². The monoisotopic (exact) mass is 328 g/mol. The molecular formula is C10H9BrN4O2S. The van der Waals surface area contributed by atoms with Gasteiger partial charge in [0, 0.05) is 4.47 Å². The van der Waals surface area contributed by atoms with Gasteiger partial charge < -0.3 is 5.11 Å². The first-order chi connectivity index (χ1) is 8.59. The van der Waals surface area contributed by atoms with Crippen LogP contribution in [0.15, 0.2) is 27.8 Å². The molecular weight excluding hydrogens is 320 g/mol. The van der Waals surface area contributed by atoms with Gasteiger partial charge in [0.25, 0.3) is 0 Å². The number of thioether (sulfide) groups is 1. The second-order valence-corrected chi connectivity index (χ2v) is 5.20. The predicted octanol–water partition coefficient (Wildman–Crippen LogP) is 1.91. The zero-order valence-corrected chi connectivity index (χ0v) is 11.8. The van der Waals surface area contributed by atoms with E-state index in [2.05, 4.69) is 31.5 Å². The first-order valence-corrected chi connectivity index (χ1v) is 6.76. The summed E-state index contributed by atoms with van der Waals surface area (Å²) in [6.07, 6.45) is 0. The number of tetrazole rings is 1. The number of hydrogen-bond acceptors (Lipinski definition) is 5. The average molecular weight is 329 g/mol. The van der Waals surface area contributed by atoms with Crippen molar-refractivity contribution in [2.45, 2.75) is 12.1 Å². The Morgan fingerprint density at radius 1 is 1.56 bits per heavy atom. The number of aryl methyl sites for hydroxylation is 1. The summed E-state index contributed by atoms with van der Waals surface area (Å²) >= 11 is 4.55. The summed E-state index contributed by atoms with van der Waals surface area (Å²) < 4.78 is 2.40. The molecule has 1 aromatic carbocycles. The number of rotatable bonds is 4. The van der Waals surface area contributed by atoms with E-state index in [4.69, 9.17) is 5.11 Å². The van der Waals surface area contributed by atoms with E-state index >= 15 is 0 Å². The van der Waals surface area contributed by atoms with Crippen LogP contribution in [0.3, 0.4) is 0 Å². The number of nitrogens with zero attached hydrogens (tertiary/aromatic N) is 4. The van der Waals surface area contributed by atoms with Crippen LogP contribution in [0.25, 0.3) is 5.69 Å². The zero-order chi connectivity index (χ0) is 13.1. The van der Waals surface area contributed by atoms with Crippen LogP contribution < -0.4 is 0 Å². The normalized spacial score (nSPS) is 10.6. The molecule has 18 heavy (non-hydrogen) atoms. The third-order valence-corrected chi connectivity index (χ3v) is 4.10. The fraction of sp³-hybridized carbons (Fsp3) is 0.200. The third-order valence-electron chi connectivity index (χ3n) is 2.17. The molecule has 2 rings (SSSR count). The molecule has 0 radical (unpaired) electrons. The first kappa shape index (κ1) is 13.0. The maximum absolute atomic E-state index is 10.6. The van der Waals surface area contributed by atoms with E-state index in [0.29, 0.717) is 5.16 Å². The Balaban J connectivity index is 2.36. The molecule has 0 atom stereocenters. The molecule has 0 aliphatic carbocycles. The Morgan fingerprint density at radius 3 is 3.06 bits per heavy atom. The van der Waals surface area contributed by atoms with Crippen molar-refractivity contribution in [2.24, 2.45) is 0 Å². The summed E-state index contributed by atoms with van der Waals surface area (Å²) in [7, 11) is 0. The highest BCUT2D eigenvalue weighted by Gasteiger charge is 2.13. The van der Waals surface area contributed by atoms with E-state index in [-0.39, 0.29) is 5.75 Å². The SMILES string of the molecule is Cc1cccc(-n2nnnc2SCC(=O)O)c1Br. The summed E-state index contributed by atoms with van der Waals surface area (Å²) in [6, 6.07) is 5.71. The standard InChI is InChI=1S/C10H9BrN4O2S/c1-6-3-2-4-7(9(6)11)15-10(12-13-14-15)18-5-8(16)17/h2-4H,5H2,1H3,(H,16,17). The number of aromatic nitrogens is 4. The lowest BCUT2D eigenvalue weighted by molar-refractivity contribution is -0.133. The first-order valence-electron chi connectivity index (χ1n) is 4.98. The molecule has 6 nitrogen and oxygen atoms in total. The van der Waals surface area contributed by atoms with Gasteiger partial charge in [-0.05, 0) is 44.9 Å². The largest absolute Gasteiger partial charge is 0.481 e. The Bertz CT molecular complexity index is 587. The molecule has 1 N–H and O–H groups in total. The van der Waals surface area contributed by atoms with E-state index in [1.807, 2.05) is 25.1 Å². The van der Waals surface area contributed by atoms with Crippen molar-refractivity contribution in [2.75, 3.05) is 5.75 Å². The quantitative estimate of drug-likeness (QED) is 0.863. The highest BCUT2D eigenvalue weighted by atomic mass is 79.9. The van der Waals surface area contributed by atoms with Gasteiger partial charge >= 0.3 is 5.97 Å². The Hall–Kier alpha value is -1.41. The van der Waals surface area contributed by atoms with Crippen molar-refractivity contribution < 1.29 is 9.90 Å². The zero-order valence-electron chi connectivity index (χ0n) is 9.37. The topological polar surface area (TPSA) is 80.9 Å². The van der Waals surface area contributed by atoms with E-state index in [1.54, 1.807) is 0 Å². The highest BCUT2D eigenvalue weighted by molar-refractivity contribution is 9.10. The lowest BCUT2D eigenvalue weighted by atomic mass is 10.2. The molecule has 0 saturated carbocycles. The van der Waals surface area contributed by atoms with Gasteiger partial charge in [-0.3, -0.25) is 4.79 Å². The van der Waals surface area contributed by atoms with E-state index in [1.165, 1.54) is 4.68 Å². The van der Waals surface area contributed by atoms with Gasteiger partial charge in [0.15, 0.2) is 0 Å². The fourth-order valence-electron chi connectivity index (χ4n) is 1.34. The van der Waals surface area contributed by atoms with Crippen LogP contribution in [0.2, 0.25) is 0 Å². The van der Waals surface area contributed by atoms with E-state index in [9.17, 15) is 4.79 Å². The number of carbonyl (C=O) groups is 1. The Kier molecular flexibility index (Phi) is 3.97.